The molecule has 7 heteroatoms. The summed E-state index contributed by atoms with van der Waals surface area (Å²) in [6.07, 6.45) is 85.5. The average Bonchev–Trinajstić information content (AvgIpc) is 1.68. The molecule has 6 fully saturated rings. The maximum atomic E-state index is 5.70. The molecule has 0 aromatic carbocycles. The molecule has 0 radical (unpaired) electrons. The molecule has 16 atom stereocenters. The van der Waals surface area contributed by atoms with Crippen molar-refractivity contribution in [3.8, 4) is 0 Å². The van der Waals surface area contributed by atoms with Crippen LogP contribution in [0.4, 0.5) is 0 Å². The summed E-state index contributed by atoms with van der Waals surface area (Å²) >= 11 is -1.65. The van der Waals surface area contributed by atoms with Crippen LogP contribution >= 0.6 is 34.1 Å². The zero-order valence-corrected chi connectivity index (χ0v) is 75.8. The third kappa shape index (κ3) is 36.0. The quantitative estimate of drug-likeness (QED) is 0.124. The molecule has 99 heavy (non-hydrogen) atoms. The number of fused-ring (bicyclic) bond motifs is 9. The molecule has 0 N–H and O–H groups in total. The van der Waals surface area contributed by atoms with Gasteiger partial charge in [-0.25, -0.2) is 0 Å². The summed E-state index contributed by atoms with van der Waals surface area (Å²) in [4.78, 5) is 0. The minimum absolute atomic E-state index is 0. The first kappa shape index (κ1) is 98.8. The van der Waals surface area contributed by atoms with Crippen LogP contribution in [0.25, 0.3) is 0 Å². The van der Waals surface area contributed by atoms with E-state index >= 15 is 0 Å². The van der Waals surface area contributed by atoms with Crippen molar-refractivity contribution in [3.05, 3.63) is 174 Å². The zero-order chi connectivity index (χ0) is 70.0. The number of allylic oxidation sites excluding steroid dienone is 24. The molecule has 564 valence electrons. The molecule has 12 rings (SSSR count). The summed E-state index contributed by atoms with van der Waals surface area (Å²) in [5, 5.41) is 0. The van der Waals surface area contributed by atoms with Crippen molar-refractivity contribution in [3.63, 3.8) is 0 Å². The number of hydrogen-bond donors (Lipinski definition) is 0. The SMILES string of the molecule is C1=CC2CC3C=CC=CC3C2C=C1.CC(C)(C)C1=CC2CC3C=C(C(C)(C)C)C=CC3C2C=C1.CC(C)(C)OCCCCCC1CCCC1.CC1CC(C)C(C)C1C.CCC.CCCCC1CCCC1.CCCCCCC1=CC2CC3C=CC=CC3C2C=C1.[CH3-].[CH3-].[CH3-].[CH3-].[Cl][Zr+2][Cl].[Cl][Zr+2][Cl]. The van der Waals surface area contributed by atoms with Crippen LogP contribution in [0.5, 0.6) is 0 Å². The van der Waals surface area contributed by atoms with Gasteiger partial charge in [0.1, 0.15) is 0 Å². The van der Waals surface area contributed by atoms with E-state index in [-0.39, 0.29) is 46.1 Å². The maximum absolute atomic E-state index is 5.70. The molecule has 0 aromatic heterocycles. The Bertz CT molecular complexity index is 2370. The van der Waals surface area contributed by atoms with Crippen LogP contribution in [0.3, 0.4) is 0 Å². The molecule has 16 unspecified atom stereocenters. The van der Waals surface area contributed by atoms with Crippen LogP contribution in [0.15, 0.2) is 144 Å². The van der Waals surface area contributed by atoms with E-state index in [9.17, 15) is 0 Å². The van der Waals surface area contributed by atoms with Gasteiger partial charge in [-0.1, -0.05) is 346 Å². The summed E-state index contributed by atoms with van der Waals surface area (Å²) in [7, 11) is 19.7. The molecular weight excluding hydrogens is 1450 g/mol. The Hall–Kier alpha value is -0.234. The predicted molar refractivity (Wildman–Crippen MR) is 444 cm³/mol. The van der Waals surface area contributed by atoms with Crippen molar-refractivity contribution in [1.82, 2.24) is 0 Å². The predicted octanol–water partition coefficient (Wildman–Crippen LogP) is 31.3. The molecule has 0 bridgehead atoms. The van der Waals surface area contributed by atoms with Crippen molar-refractivity contribution < 1.29 is 46.4 Å². The van der Waals surface area contributed by atoms with Crippen LogP contribution in [-0.2, 0) is 46.4 Å². The van der Waals surface area contributed by atoms with E-state index in [1.54, 1.807) is 5.57 Å². The second kappa shape index (κ2) is 53.5. The van der Waals surface area contributed by atoms with Gasteiger partial charge in [-0.15, -0.1) is 0 Å². The zero-order valence-electron chi connectivity index (χ0n) is 67.8. The molecule has 12 aliphatic rings. The average molecular weight is 1600 g/mol. The third-order valence-electron chi connectivity index (χ3n) is 23.2. The monoisotopic (exact) mass is 1590 g/mol. The van der Waals surface area contributed by atoms with Crippen LogP contribution in [0.2, 0.25) is 0 Å². The van der Waals surface area contributed by atoms with Gasteiger partial charge in [0, 0.05) is 6.61 Å². The first-order chi connectivity index (χ1) is 45.4. The molecular formula is C92H154Cl4OZr2. The fourth-order valence-corrected chi connectivity index (χ4v) is 17.3. The van der Waals surface area contributed by atoms with Crippen LogP contribution in [0.1, 0.15) is 278 Å². The van der Waals surface area contributed by atoms with E-state index in [0.717, 1.165) is 113 Å². The van der Waals surface area contributed by atoms with Crippen molar-refractivity contribution in [2.45, 2.75) is 284 Å². The van der Waals surface area contributed by atoms with E-state index in [0.29, 0.717) is 0 Å². The van der Waals surface area contributed by atoms with E-state index < -0.39 is 41.7 Å². The van der Waals surface area contributed by atoms with Crippen molar-refractivity contribution >= 4 is 34.1 Å². The molecule has 0 aliphatic heterocycles. The minimum atomic E-state index is -0.826. The van der Waals surface area contributed by atoms with Crippen molar-refractivity contribution in [2.75, 3.05) is 6.61 Å². The first-order valence-corrected chi connectivity index (χ1v) is 51.8. The number of halogens is 4. The van der Waals surface area contributed by atoms with Gasteiger partial charge in [-0.05, 0) is 194 Å². The summed E-state index contributed by atoms with van der Waals surface area (Å²) in [5.41, 5.74) is 5.24. The number of ether oxygens (including phenoxy) is 1. The van der Waals surface area contributed by atoms with Gasteiger partial charge in [0.25, 0.3) is 0 Å². The van der Waals surface area contributed by atoms with Crippen LogP contribution in [-0.4, -0.2) is 12.2 Å². The molecule has 0 heterocycles. The Kier molecular flexibility index (Phi) is 53.4. The van der Waals surface area contributed by atoms with Crippen LogP contribution < -0.4 is 0 Å². The standard InChI is InChI=1S/C21H30.C19H26.C14H28O.C13H14.2C9H18.C3H8.4CH3.4ClH.2Zr/c1-20(2,3)16-7-9-18-14(12-16)11-15-13-17(21(4,5)6)8-10-19(15)18;1-2-3-4-5-8-15-11-12-19-17(13-15)14-16-9-6-7-10-18(16)19;1-14(2,3)15-12-8-4-5-9-13-10-6-7-11-13;1-3-7-12-10(5-1)9-11-6-2-4-8-13(11)12;1-6-5-7(2)9(4)8(6)3;1-2-3-6-9-7-4-5-8-9;1-3-2;;;;;;;;;;/h7-10,12-15,18-19H,11H2,1-6H3;6-7,9-13,16-19H,2-5,8,14H2,1H3;13H,4-12H2,1-3H3;1-8,10-13H,9H2;6-9H,5H2,1-4H3;9H,2-8H2,1H3;3H2,1-2H3;4*1H3;4*1H;;/q;;;;;;;4*-1;;;;;2*+4/p-4. The fraction of sp³-hybridized carbons (Fsp3) is 0.696. The van der Waals surface area contributed by atoms with Crippen molar-refractivity contribution in [2.24, 2.45) is 117 Å². The summed E-state index contributed by atoms with van der Waals surface area (Å²) in [5.74, 6) is 15.2. The molecule has 0 aromatic rings. The number of rotatable bonds is 14. The molecule has 0 saturated heterocycles. The van der Waals surface area contributed by atoms with Gasteiger partial charge in [-0.2, -0.15) is 0 Å². The summed E-state index contributed by atoms with van der Waals surface area (Å²) in [6, 6.07) is 0. The molecule has 1 nitrogen and oxygen atoms in total. The van der Waals surface area contributed by atoms with E-state index in [4.69, 9.17) is 38.8 Å². The topological polar surface area (TPSA) is 9.23 Å². The van der Waals surface area contributed by atoms with Gasteiger partial charge in [0.05, 0.1) is 5.60 Å². The Morgan fingerprint density at radius 3 is 1.09 bits per heavy atom. The second-order valence-corrected chi connectivity index (χ2v) is 41.3. The van der Waals surface area contributed by atoms with Gasteiger partial charge in [-0.3, -0.25) is 0 Å². The van der Waals surface area contributed by atoms with E-state index in [1.165, 1.54) is 172 Å². The van der Waals surface area contributed by atoms with E-state index in [2.05, 4.69) is 245 Å². The Balaban J connectivity index is 0.00000115. The molecule has 12 aliphatic carbocycles. The Morgan fingerprint density at radius 1 is 0.394 bits per heavy atom. The Morgan fingerprint density at radius 2 is 0.727 bits per heavy atom. The van der Waals surface area contributed by atoms with Crippen LogP contribution in [0, 0.1) is 147 Å². The van der Waals surface area contributed by atoms with E-state index in [1.807, 2.05) is 0 Å². The molecule has 6 saturated carbocycles. The second-order valence-electron chi connectivity index (χ2n) is 33.8. The summed E-state index contributed by atoms with van der Waals surface area (Å²) in [6.45, 7) is 39.6. The molecule has 0 amide bonds. The Labute approximate surface area is 656 Å². The van der Waals surface area contributed by atoms with Gasteiger partial charge in [0.15, 0.2) is 0 Å². The summed E-state index contributed by atoms with van der Waals surface area (Å²) < 4.78 is 5.70. The van der Waals surface area contributed by atoms with Crippen molar-refractivity contribution in [1.29, 1.82) is 0 Å². The van der Waals surface area contributed by atoms with Gasteiger partial charge >= 0.3 is 75.7 Å². The fourth-order valence-electron chi connectivity index (χ4n) is 17.3. The third-order valence-corrected chi connectivity index (χ3v) is 23.2. The number of unbranched alkanes of at least 4 members (excludes halogenated alkanes) is 6. The van der Waals surface area contributed by atoms with Gasteiger partial charge in [0.2, 0.25) is 0 Å². The number of hydrogen-bond acceptors (Lipinski definition) is 1. The van der Waals surface area contributed by atoms with Gasteiger partial charge < -0.3 is 34.4 Å². The molecule has 0 spiro atoms. The first-order valence-electron chi connectivity index (χ1n) is 39.2. The normalized spacial score (nSPS) is 29.9.